The maximum absolute atomic E-state index is 13.5. The number of benzene rings is 2. The number of thiophene rings is 1. The summed E-state index contributed by atoms with van der Waals surface area (Å²) in [5, 5.41) is 1.00. The molecule has 0 radical (unpaired) electrons. The van der Waals surface area contributed by atoms with Crippen molar-refractivity contribution in [2.24, 2.45) is 0 Å². The van der Waals surface area contributed by atoms with Gasteiger partial charge in [0.2, 0.25) is 0 Å². The van der Waals surface area contributed by atoms with Crippen molar-refractivity contribution in [2.45, 2.75) is 32.7 Å². The third kappa shape index (κ3) is 4.82. The summed E-state index contributed by atoms with van der Waals surface area (Å²) in [4.78, 5) is 26.4. The van der Waals surface area contributed by atoms with E-state index in [0.29, 0.717) is 4.70 Å². The van der Waals surface area contributed by atoms with Crippen molar-refractivity contribution in [2.75, 3.05) is 26.3 Å². The number of fused-ring (bicyclic) bond motifs is 2. The zero-order valence-electron chi connectivity index (χ0n) is 21.4. The lowest BCUT2D eigenvalue weighted by molar-refractivity contribution is 0.0337. The van der Waals surface area contributed by atoms with E-state index in [0.717, 1.165) is 71.1 Å². The number of morpholine rings is 1. The zero-order chi connectivity index (χ0) is 25.6. The van der Waals surface area contributed by atoms with E-state index < -0.39 is 0 Å². The van der Waals surface area contributed by atoms with E-state index in [4.69, 9.17) is 9.72 Å². The summed E-state index contributed by atoms with van der Waals surface area (Å²) >= 11 is 1.50. The first-order valence-electron chi connectivity index (χ1n) is 12.7. The van der Waals surface area contributed by atoms with E-state index in [9.17, 15) is 4.79 Å². The van der Waals surface area contributed by atoms with Gasteiger partial charge in [-0.15, -0.1) is 11.3 Å². The van der Waals surface area contributed by atoms with Gasteiger partial charge < -0.3 is 4.74 Å². The first-order valence-corrected chi connectivity index (χ1v) is 13.5. The summed E-state index contributed by atoms with van der Waals surface area (Å²) in [5.74, 6) is 0. The fourth-order valence-corrected chi connectivity index (χ4v) is 5.80. The summed E-state index contributed by atoms with van der Waals surface area (Å²) in [5.41, 5.74) is 5.94. The molecule has 6 rings (SSSR count). The number of nitrogens with zero attached hydrogens (tertiary/aromatic N) is 4. The van der Waals surface area contributed by atoms with Gasteiger partial charge in [-0.2, -0.15) is 0 Å². The Bertz CT molecular complexity index is 1640. The van der Waals surface area contributed by atoms with Crippen LogP contribution in [-0.2, 0) is 16.7 Å². The second-order valence-electron chi connectivity index (χ2n) is 10.6. The molecule has 3 aromatic heterocycles. The fraction of sp³-hybridized carbons (Fsp3) is 0.300. The van der Waals surface area contributed by atoms with E-state index in [-0.39, 0.29) is 11.0 Å². The molecule has 1 saturated heterocycles. The SMILES string of the molecule is CC(C)(C)c1ccc(-c2cc3ncn(-c4ccc5nc(CN6CCOCC6)ccc5c4)c(=O)c3s2)cc1. The lowest BCUT2D eigenvalue weighted by Crippen LogP contribution is -2.35. The lowest BCUT2D eigenvalue weighted by Gasteiger charge is -2.26. The average molecular weight is 511 g/mol. The van der Waals surface area contributed by atoms with Gasteiger partial charge in [-0.05, 0) is 46.9 Å². The molecule has 4 heterocycles. The van der Waals surface area contributed by atoms with E-state index in [1.165, 1.54) is 16.9 Å². The molecule has 5 aromatic rings. The van der Waals surface area contributed by atoms with E-state index >= 15 is 0 Å². The predicted octanol–water partition coefficient (Wildman–Crippen LogP) is 5.79. The molecule has 1 aliphatic heterocycles. The maximum Gasteiger partial charge on any atom is 0.275 e. The highest BCUT2D eigenvalue weighted by atomic mass is 32.1. The Hall–Kier alpha value is -3.39. The molecule has 1 aliphatic rings. The zero-order valence-corrected chi connectivity index (χ0v) is 22.2. The first-order chi connectivity index (χ1) is 17.8. The molecule has 0 N–H and O–H groups in total. The van der Waals surface area contributed by atoms with Crippen LogP contribution in [0, 0.1) is 0 Å². The van der Waals surface area contributed by atoms with E-state index in [1.807, 2.05) is 24.3 Å². The smallest absolute Gasteiger partial charge is 0.275 e. The van der Waals surface area contributed by atoms with Crippen molar-refractivity contribution in [3.63, 3.8) is 0 Å². The van der Waals surface area contributed by atoms with Crippen LogP contribution in [0.3, 0.4) is 0 Å². The number of pyridine rings is 1. The van der Waals surface area contributed by atoms with Gasteiger partial charge in [0.25, 0.3) is 5.56 Å². The van der Waals surface area contributed by atoms with Crippen LogP contribution in [0.25, 0.3) is 37.2 Å². The Kier molecular flexibility index (Phi) is 6.15. The van der Waals surface area contributed by atoms with Gasteiger partial charge in [0.1, 0.15) is 11.0 Å². The van der Waals surface area contributed by atoms with Gasteiger partial charge >= 0.3 is 0 Å². The van der Waals surface area contributed by atoms with Crippen LogP contribution in [0.2, 0.25) is 0 Å². The Labute approximate surface area is 220 Å². The summed E-state index contributed by atoms with van der Waals surface area (Å²) < 4.78 is 7.74. The second kappa shape index (κ2) is 9.49. The third-order valence-corrected chi connectivity index (χ3v) is 8.13. The van der Waals surface area contributed by atoms with Crippen molar-refractivity contribution in [3.8, 4) is 16.1 Å². The topological polar surface area (TPSA) is 60.3 Å². The molecule has 0 unspecified atom stereocenters. The molecule has 37 heavy (non-hydrogen) atoms. The van der Waals surface area contributed by atoms with E-state index in [1.54, 1.807) is 10.9 Å². The van der Waals surface area contributed by atoms with Gasteiger partial charge in [-0.3, -0.25) is 19.2 Å². The Morgan fingerprint density at radius 3 is 2.49 bits per heavy atom. The molecule has 2 aromatic carbocycles. The van der Waals surface area contributed by atoms with Gasteiger partial charge in [-0.25, -0.2) is 4.98 Å². The lowest BCUT2D eigenvalue weighted by atomic mass is 9.86. The Morgan fingerprint density at radius 2 is 1.73 bits per heavy atom. The first kappa shape index (κ1) is 24.0. The normalized spacial score (nSPS) is 15.0. The largest absolute Gasteiger partial charge is 0.379 e. The fourth-order valence-electron chi connectivity index (χ4n) is 4.75. The van der Waals surface area contributed by atoms with Crippen LogP contribution in [0.1, 0.15) is 32.0 Å². The minimum atomic E-state index is -0.0520. The predicted molar refractivity (Wildman–Crippen MR) is 151 cm³/mol. The molecule has 6 nitrogen and oxygen atoms in total. The maximum atomic E-state index is 13.5. The number of rotatable bonds is 4. The summed E-state index contributed by atoms with van der Waals surface area (Å²) in [6, 6.07) is 20.7. The molecule has 0 bridgehead atoms. The van der Waals surface area contributed by atoms with Crippen LogP contribution in [0.15, 0.2) is 71.8 Å². The highest BCUT2D eigenvalue weighted by Crippen LogP contribution is 2.33. The van der Waals surface area contributed by atoms with E-state index in [2.05, 4.69) is 67.1 Å². The van der Waals surface area contributed by atoms with Gasteiger partial charge in [0.15, 0.2) is 0 Å². The molecule has 0 atom stereocenters. The molecule has 0 amide bonds. The van der Waals surface area contributed by atoms with Crippen LogP contribution < -0.4 is 5.56 Å². The molecule has 1 fully saturated rings. The average Bonchev–Trinajstić information content (AvgIpc) is 3.34. The minimum absolute atomic E-state index is 0.0520. The second-order valence-corrected chi connectivity index (χ2v) is 11.7. The van der Waals surface area contributed by atoms with Crippen LogP contribution in [0.5, 0.6) is 0 Å². The number of hydrogen-bond donors (Lipinski definition) is 0. The standard InChI is InChI=1S/C30H30N4O2S/c1-30(2,3)22-7-4-20(5-8-22)27-17-26-28(37-27)29(35)34(19-31-26)24-10-11-25-21(16-24)6-9-23(32-25)18-33-12-14-36-15-13-33/h4-11,16-17,19H,12-15,18H2,1-3H3. The van der Waals surface area contributed by atoms with Gasteiger partial charge in [0, 0.05) is 29.9 Å². The summed E-state index contributed by atoms with van der Waals surface area (Å²) in [7, 11) is 0. The van der Waals surface area contributed by atoms with Crippen molar-refractivity contribution in [1.82, 2.24) is 19.4 Å². The highest BCUT2D eigenvalue weighted by molar-refractivity contribution is 7.22. The molecular weight excluding hydrogens is 480 g/mol. The Morgan fingerprint density at radius 1 is 0.946 bits per heavy atom. The molecular formula is C30H30N4O2S. The van der Waals surface area contributed by atoms with Crippen molar-refractivity contribution < 1.29 is 4.74 Å². The van der Waals surface area contributed by atoms with Gasteiger partial charge in [0.05, 0.1) is 35.6 Å². The quantitative estimate of drug-likeness (QED) is 0.306. The molecule has 0 saturated carbocycles. The molecule has 0 spiro atoms. The van der Waals surface area contributed by atoms with Crippen molar-refractivity contribution in [3.05, 3.63) is 88.6 Å². The van der Waals surface area contributed by atoms with Crippen LogP contribution in [0.4, 0.5) is 0 Å². The van der Waals surface area contributed by atoms with Crippen LogP contribution in [-0.4, -0.2) is 45.7 Å². The third-order valence-electron chi connectivity index (χ3n) is 6.97. The van der Waals surface area contributed by atoms with Crippen LogP contribution >= 0.6 is 11.3 Å². The number of hydrogen-bond acceptors (Lipinski definition) is 6. The highest BCUT2D eigenvalue weighted by Gasteiger charge is 2.16. The molecule has 7 heteroatoms. The summed E-state index contributed by atoms with van der Waals surface area (Å²) in [6.45, 7) is 10.9. The molecule has 0 aliphatic carbocycles. The van der Waals surface area contributed by atoms with Crippen molar-refractivity contribution >= 4 is 32.5 Å². The number of ether oxygens (including phenoxy) is 1. The van der Waals surface area contributed by atoms with Crippen molar-refractivity contribution in [1.29, 1.82) is 0 Å². The monoisotopic (exact) mass is 510 g/mol. The Balaban J connectivity index is 1.30. The molecule has 188 valence electrons. The summed E-state index contributed by atoms with van der Waals surface area (Å²) in [6.07, 6.45) is 1.63. The minimum Gasteiger partial charge on any atom is -0.379 e. The number of aromatic nitrogens is 3. The van der Waals surface area contributed by atoms with Gasteiger partial charge in [-0.1, -0.05) is 51.1 Å².